The van der Waals surface area contributed by atoms with E-state index in [4.69, 9.17) is 9.97 Å². The molecule has 3 aromatic rings. The number of quaternary nitrogens is 1. The van der Waals surface area contributed by atoms with Crippen LogP contribution >= 0.6 is 0 Å². The van der Waals surface area contributed by atoms with Crippen molar-refractivity contribution >= 4 is 17.6 Å². The number of aromatic nitrogens is 3. The molecule has 0 unspecified atom stereocenters. The van der Waals surface area contributed by atoms with Crippen molar-refractivity contribution in [1.29, 1.82) is 0 Å². The highest BCUT2D eigenvalue weighted by atomic mass is 16.4. The largest absolute Gasteiger partial charge is 0.465 e. The van der Waals surface area contributed by atoms with Gasteiger partial charge in [-0.25, -0.2) is 9.78 Å². The van der Waals surface area contributed by atoms with Crippen molar-refractivity contribution < 1.29 is 9.90 Å². The van der Waals surface area contributed by atoms with Crippen LogP contribution in [0.1, 0.15) is 69.4 Å². The van der Waals surface area contributed by atoms with Crippen molar-refractivity contribution in [3.63, 3.8) is 0 Å². The number of aryl methyl sites for hydroxylation is 1. The number of piperidine rings is 1. The molecule has 1 saturated heterocycles. The van der Waals surface area contributed by atoms with Gasteiger partial charge in [-0.3, -0.25) is 18.8 Å². The molecule has 2 N–H and O–H groups in total. The van der Waals surface area contributed by atoms with E-state index in [2.05, 4.69) is 72.9 Å². The van der Waals surface area contributed by atoms with Gasteiger partial charge in [0.2, 0.25) is 5.82 Å². The predicted molar refractivity (Wildman–Crippen MR) is 142 cm³/mol. The molecular weight excluding hydrogens is 452 g/mol. The van der Waals surface area contributed by atoms with Gasteiger partial charge in [0.15, 0.2) is 0 Å². The standard InChI is InChI=1S/C28H38N6O2/c1-28(2,3)34(16-13-21(14-17-34)31-27(35)36)25-12-6-11-24-30-22(19-33(24)25)18-32(4)23-10-5-8-20-9-7-15-29-26(20)23/h6-7,9,11-12,15,19,21,23,31H,5,8,10,13-14,16-18H2,1-4H3/p+1/t21?,23-,34?/m0/s1. The van der Waals surface area contributed by atoms with E-state index in [1.165, 1.54) is 23.5 Å². The number of pyridine rings is 2. The Kier molecular flexibility index (Phi) is 6.51. The first-order valence-electron chi connectivity index (χ1n) is 13.2. The Morgan fingerprint density at radius 1 is 1.19 bits per heavy atom. The van der Waals surface area contributed by atoms with Crippen LogP contribution in [-0.2, 0) is 13.0 Å². The summed E-state index contributed by atoms with van der Waals surface area (Å²) in [6.07, 6.45) is 8.24. The molecule has 0 radical (unpaired) electrons. The number of imidazole rings is 1. The van der Waals surface area contributed by atoms with E-state index in [1.807, 2.05) is 12.3 Å². The van der Waals surface area contributed by atoms with Crippen molar-refractivity contribution in [3.8, 4) is 0 Å². The van der Waals surface area contributed by atoms with Gasteiger partial charge in [-0.2, -0.15) is 0 Å². The molecule has 36 heavy (non-hydrogen) atoms. The van der Waals surface area contributed by atoms with E-state index in [0.717, 1.165) is 61.1 Å². The Hall–Kier alpha value is -2.97. The lowest BCUT2D eigenvalue weighted by Crippen LogP contribution is -2.67. The molecule has 0 saturated carbocycles. The average molecular weight is 492 g/mol. The maximum absolute atomic E-state index is 11.2. The van der Waals surface area contributed by atoms with Gasteiger partial charge < -0.3 is 10.4 Å². The van der Waals surface area contributed by atoms with E-state index in [1.54, 1.807) is 0 Å². The molecule has 0 aromatic carbocycles. The van der Waals surface area contributed by atoms with Crippen LogP contribution in [0.15, 0.2) is 42.7 Å². The second-order valence-corrected chi connectivity index (χ2v) is 11.5. The number of amides is 1. The van der Waals surface area contributed by atoms with Crippen molar-refractivity contribution in [3.05, 3.63) is 59.7 Å². The van der Waals surface area contributed by atoms with Crippen LogP contribution in [-0.4, -0.2) is 62.2 Å². The molecule has 1 aliphatic carbocycles. The minimum absolute atomic E-state index is 0.00859. The van der Waals surface area contributed by atoms with Gasteiger partial charge in [-0.15, -0.1) is 0 Å². The topological polar surface area (TPSA) is 82.8 Å². The predicted octanol–water partition coefficient (Wildman–Crippen LogP) is 4.77. The molecule has 1 amide bonds. The lowest BCUT2D eigenvalue weighted by atomic mass is 9.91. The number of hydrogen-bond acceptors (Lipinski definition) is 4. The zero-order valence-corrected chi connectivity index (χ0v) is 21.9. The van der Waals surface area contributed by atoms with Gasteiger partial charge in [0.05, 0.1) is 36.1 Å². The fourth-order valence-corrected chi connectivity index (χ4v) is 6.42. The molecule has 0 bridgehead atoms. The fraction of sp³-hybridized carbons (Fsp3) is 0.536. The van der Waals surface area contributed by atoms with Crippen molar-refractivity contribution in [2.75, 3.05) is 20.1 Å². The van der Waals surface area contributed by atoms with E-state index < -0.39 is 6.09 Å². The van der Waals surface area contributed by atoms with E-state index in [-0.39, 0.29) is 11.6 Å². The summed E-state index contributed by atoms with van der Waals surface area (Å²) < 4.78 is 3.07. The van der Waals surface area contributed by atoms with Gasteiger partial charge in [-0.05, 0) is 64.8 Å². The first-order valence-corrected chi connectivity index (χ1v) is 13.2. The number of likely N-dealkylation sites (tertiary alicyclic amines) is 1. The molecule has 1 fully saturated rings. The number of nitrogens with one attached hydrogen (secondary N) is 1. The quantitative estimate of drug-likeness (QED) is 0.502. The smallest absolute Gasteiger partial charge is 0.404 e. The Balaban J connectivity index is 1.44. The van der Waals surface area contributed by atoms with Gasteiger partial charge >= 0.3 is 6.09 Å². The molecule has 1 aliphatic heterocycles. The summed E-state index contributed by atoms with van der Waals surface area (Å²) in [7, 11) is 2.18. The number of carboxylic acid groups (broad SMARTS) is 1. The Bertz CT molecular complexity index is 1240. The molecule has 5 rings (SSSR count). The highest BCUT2D eigenvalue weighted by Gasteiger charge is 2.47. The van der Waals surface area contributed by atoms with Crippen molar-refractivity contribution in [1.82, 2.24) is 29.1 Å². The Labute approximate surface area is 213 Å². The SMILES string of the molecule is CN(Cc1cn2c([N+]3(C(C)(C)C)CCC(NC(=O)O)CC3)cccc2n1)[C@H]1CCCc2cccnc21. The molecule has 1 atom stereocenters. The van der Waals surface area contributed by atoms with Crippen LogP contribution in [0.4, 0.5) is 10.6 Å². The number of nitrogens with zero attached hydrogens (tertiary/aromatic N) is 5. The Morgan fingerprint density at radius 2 is 1.97 bits per heavy atom. The van der Waals surface area contributed by atoms with Crippen molar-refractivity contribution in [2.45, 2.75) is 77.0 Å². The van der Waals surface area contributed by atoms with E-state index in [0.29, 0.717) is 6.04 Å². The summed E-state index contributed by atoms with van der Waals surface area (Å²) >= 11 is 0. The number of rotatable bonds is 5. The van der Waals surface area contributed by atoms with Gasteiger partial charge in [-0.1, -0.05) is 12.1 Å². The van der Waals surface area contributed by atoms with Gasteiger partial charge in [0.25, 0.3) is 0 Å². The van der Waals surface area contributed by atoms with Gasteiger partial charge in [0.1, 0.15) is 5.65 Å². The summed E-state index contributed by atoms with van der Waals surface area (Å²) in [6, 6.07) is 11.0. The lowest BCUT2D eigenvalue weighted by molar-refractivity contribution is 0.0944. The van der Waals surface area contributed by atoms with Crippen LogP contribution in [0.5, 0.6) is 0 Å². The highest BCUT2D eigenvalue weighted by molar-refractivity contribution is 5.65. The van der Waals surface area contributed by atoms with Crippen molar-refractivity contribution in [2.24, 2.45) is 0 Å². The molecule has 4 heterocycles. The van der Waals surface area contributed by atoms with Crippen LogP contribution in [0.2, 0.25) is 0 Å². The average Bonchev–Trinajstić information content (AvgIpc) is 3.25. The highest BCUT2D eigenvalue weighted by Crippen LogP contribution is 2.38. The number of carbonyl (C=O) groups is 1. The number of fused-ring (bicyclic) bond motifs is 2. The first-order chi connectivity index (χ1) is 17.2. The van der Waals surface area contributed by atoms with Gasteiger partial charge in [0, 0.05) is 43.9 Å². The minimum atomic E-state index is -0.933. The minimum Gasteiger partial charge on any atom is -0.465 e. The molecule has 8 nitrogen and oxygen atoms in total. The second kappa shape index (κ2) is 9.48. The summed E-state index contributed by atoms with van der Waals surface area (Å²) in [4.78, 5) is 23.4. The maximum atomic E-state index is 11.2. The van der Waals surface area contributed by atoms with Crippen LogP contribution in [0.25, 0.3) is 5.65 Å². The van der Waals surface area contributed by atoms with Crippen LogP contribution in [0, 0.1) is 0 Å². The summed E-state index contributed by atoms with van der Waals surface area (Å²) in [5.74, 6) is 1.22. The summed E-state index contributed by atoms with van der Waals surface area (Å²) in [5.41, 5.74) is 4.57. The molecule has 2 aliphatic rings. The first kappa shape index (κ1) is 24.7. The monoisotopic (exact) mass is 491 g/mol. The fourth-order valence-electron chi connectivity index (χ4n) is 6.42. The van der Waals surface area contributed by atoms with Crippen LogP contribution < -0.4 is 9.80 Å². The zero-order chi connectivity index (χ0) is 25.5. The Morgan fingerprint density at radius 3 is 2.69 bits per heavy atom. The normalized spacial score (nSPS) is 24.6. The maximum Gasteiger partial charge on any atom is 0.404 e. The molecule has 0 spiro atoms. The zero-order valence-electron chi connectivity index (χ0n) is 21.9. The lowest BCUT2D eigenvalue weighted by Gasteiger charge is -2.51. The third kappa shape index (κ3) is 4.48. The summed E-state index contributed by atoms with van der Waals surface area (Å²) in [5, 5.41) is 11.9. The second-order valence-electron chi connectivity index (χ2n) is 11.5. The van der Waals surface area contributed by atoms with E-state index in [9.17, 15) is 9.90 Å². The van der Waals surface area contributed by atoms with Crippen LogP contribution in [0.3, 0.4) is 0 Å². The third-order valence-corrected chi connectivity index (χ3v) is 8.40. The molecular formula is C28H39N6O2+. The third-order valence-electron chi connectivity index (χ3n) is 8.40. The number of hydrogen-bond donors (Lipinski definition) is 2. The molecule has 3 aromatic heterocycles. The van der Waals surface area contributed by atoms with E-state index >= 15 is 0 Å². The summed E-state index contributed by atoms with van der Waals surface area (Å²) in [6.45, 7) is 9.39. The molecule has 8 heteroatoms. The molecule has 192 valence electrons.